The van der Waals surface area contributed by atoms with Gasteiger partial charge < -0.3 is 9.15 Å². The molecule has 4 nitrogen and oxygen atoms in total. The Morgan fingerprint density at radius 2 is 2.17 bits per heavy atom. The van der Waals surface area contributed by atoms with Crippen molar-refractivity contribution >= 4 is 43.6 Å². The number of hydrogen-bond donors (Lipinski definition) is 1. The minimum Gasteiger partial charge on any atom is -0.483 e. The summed E-state index contributed by atoms with van der Waals surface area (Å²) in [6, 6.07) is 5.68. The molecule has 1 aromatic heterocycles. The minimum absolute atomic E-state index is 0.427. The second-order valence-electron chi connectivity index (χ2n) is 3.33. The zero-order chi connectivity index (χ0) is 13.0. The van der Waals surface area contributed by atoms with Gasteiger partial charge in [-0.2, -0.15) is 0 Å². The molecule has 7 heteroatoms. The average Bonchev–Trinajstić information content (AvgIpc) is 2.75. The number of rotatable bonds is 5. The first-order valence-corrected chi connectivity index (χ1v) is 7.72. The van der Waals surface area contributed by atoms with Crippen LogP contribution in [0.25, 0.3) is 0 Å². The number of aromatic nitrogens is 1. The highest BCUT2D eigenvalue weighted by Gasteiger charge is 2.01. The summed E-state index contributed by atoms with van der Waals surface area (Å²) < 4.78 is 12.4. The Labute approximate surface area is 124 Å². The average molecular weight is 395 g/mol. The van der Waals surface area contributed by atoms with Crippen LogP contribution in [-0.2, 0) is 5.75 Å². The number of H-pyrrole nitrogens is 1. The normalized spacial score (nSPS) is 10.6. The first-order chi connectivity index (χ1) is 8.65. The molecule has 0 bridgehead atoms. The summed E-state index contributed by atoms with van der Waals surface area (Å²) in [7, 11) is 0. The zero-order valence-electron chi connectivity index (χ0n) is 9.11. The van der Waals surface area contributed by atoms with Crippen LogP contribution >= 0.6 is 43.6 Å². The summed E-state index contributed by atoms with van der Waals surface area (Å²) in [6.07, 6.45) is 1.56. The van der Waals surface area contributed by atoms with Crippen LogP contribution in [0.4, 0.5) is 0 Å². The van der Waals surface area contributed by atoms with Gasteiger partial charge in [0, 0.05) is 15.1 Å². The number of oxazole rings is 1. The van der Waals surface area contributed by atoms with Crippen LogP contribution in [0, 0.1) is 0 Å². The molecule has 0 unspecified atom stereocenters. The van der Waals surface area contributed by atoms with Crippen molar-refractivity contribution in [2.45, 2.75) is 5.75 Å². The van der Waals surface area contributed by atoms with E-state index in [0.717, 1.165) is 14.7 Å². The summed E-state index contributed by atoms with van der Waals surface area (Å²) in [4.78, 5) is 13.2. The maximum Gasteiger partial charge on any atom is 0.416 e. The van der Waals surface area contributed by atoms with E-state index in [1.54, 1.807) is 6.20 Å². The molecule has 0 saturated carbocycles. The molecule has 0 radical (unpaired) electrons. The van der Waals surface area contributed by atoms with Crippen molar-refractivity contribution in [2.24, 2.45) is 0 Å². The summed E-state index contributed by atoms with van der Waals surface area (Å²) in [5.41, 5.74) is 0. The summed E-state index contributed by atoms with van der Waals surface area (Å²) in [5.74, 6) is 2.06. The van der Waals surface area contributed by atoms with Crippen LogP contribution in [0.2, 0.25) is 0 Å². The van der Waals surface area contributed by atoms with Gasteiger partial charge in [-0.1, -0.05) is 0 Å². The van der Waals surface area contributed by atoms with Crippen LogP contribution in [0.1, 0.15) is 5.76 Å². The van der Waals surface area contributed by atoms with Gasteiger partial charge >= 0.3 is 5.76 Å². The zero-order valence-corrected chi connectivity index (χ0v) is 13.1. The van der Waals surface area contributed by atoms with Gasteiger partial charge in [0.25, 0.3) is 0 Å². The van der Waals surface area contributed by atoms with Gasteiger partial charge in [-0.05, 0) is 50.1 Å². The monoisotopic (exact) mass is 393 g/mol. The lowest BCUT2D eigenvalue weighted by atomic mass is 10.3. The summed E-state index contributed by atoms with van der Waals surface area (Å²) in [6.45, 7) is 0. The first kappa shape index (κ1) is 13.8. The smallest absolute Gasteiger partial charge is 0.416 e. The molecule has 2 rings (SSSR count). The molecule has 1 aromatic carbocycles. The van der Waals surface area contributed by atoms with E-state index in [1.165, 1.54) is 11.8 Å². The van der Waals surface area contributed by atoms with E-state index < -0.39 is 5.76 Å². The molecule has 0 fully saturated rings. The maximum absolute atomic E-state index is 10.7. The maximum atomic E-state index is 10.7. The fourth-order valence-electron chi connectivity index (χ4n) is 1.21. The van der Waals surface area contributed by atoms with Crippen LogP contribution in [0.3, 0.4) is 0 Å². The second-order valence-corrected chi connectivity index (χ2v) is 5.97. The highest BCUT2D eigenvalue weighted by atomic mass is 79.9. The van der Waals surface area contributed by atoms with Gasteiger partial charge in [-0.15, -0.1) is 11.8 Å². The van der Waals surface area contributed by atoms with E-state index in [1.807, 2.05) is 18.2 Å². The molecule has 0 aliphatic carbocycles. The van der Waals surface area contributed by atoms with Crippen molar-refractivity contribution < 1.29 is 9.15 Å². The number of halogens is 2. The van der Waals surface area contributed by atoms with Crippen molar-refractivity contribution in [1.29, 1.82) is 0 Å². The van der Waals surface area contributed by atoms with Crippen molar-refractivity contribution in [3.63, 3.8) is 0 Å². The highest BCUT2D eigenvalue weighted by Crippen LogP contribution is 2.27. The Hall–Kier alpha value is -0.660. The second kappa shape index (κ2) is 6.49. The molecular weight excluding hydrogens is 386 g/mol. The van der Waals surface area contributed by atoms with Gasteiger partial charge in [0.2, 0.25) is 0 Å². The lowest BCUT2D eigenvalue weighted by Gasteiger charge is -2.06. The minimum atomic E-state index is -0.427. The van der Waals surface area contributed by atoms with Crippen LogP contribution in [0.15, 0.2) is 42.6 Å². The molecule has 0 aliphatic rings. The topological polar surface area (TPSA) is 55.2 Å². The van der Waals surface area contributed by atoms with Gasteiger partial charge in [-0.3, -0.25) is 4.98 Å². The standard InChI is InChI=1S/C11H9Br2NO3S/c12-9-2-1-7(3-10(9)13)16-6-18-5-8-4-14-11(15)17-8/h1-4H,5-6H2,(H,14,15). The molecule has 2 aromatic rings. The first-order valence-electron chi connectivity index (χ1n) is 4.98. The molecule has 96 valence electrons. The van der Waals surface area contributed by atoms with Crippen molar-refractivity contribution in [3.05, 3.63) is 49.7 Å². The third-order valence-corrected chi connectivity index (χ3v) is 4.67. The molecule has 0 saturated heterocycles. The van der Waals surface area contributed by atoms with Crippen molar-refractivity contribution in [2.75, 3.05) is 5.94 Å². The lowest BCUT2D eigenvalue weighted by Crippen LogP contribution is -1.94. The van der Waals surface area contributed by atoms with Crippen molar-refractivity contribution in [1.82, 2.24) is 4.98 Å². The Morgan fingerprint density at radius 1 is 1.33 bits per heavy atom. The number of benzene rings is 1. The number of aromatic amines is 1. The van der Waals surface area contributed by atoms with E-state index in [4.69, 9.17) is 9.15 Å². The van der Waals surface area contributed by atoms with Crippen LogP contribution < -0.4 is 10.5 Å². The molecule has 1 heterocycles. The fourth-order valence-corrected chi connectivity index (χ4v) is 2.46. The van der Waals surface area contributed by atoms with Crippen LogP contribution in [0.5, 0.6) is 5.75 Å². The lowest BCUT2D eigenvalue weighted by molar-refractivity contribution is 0.392. The molecule has 0 amide bonds. The predicted molar refractivity (Wildman–Crippen MR) is 78.0 cm³/mol. The van der Waals surface area contributed by atoms with E-state index in [9.17, 15) is 4.79 Å². The molecule has 18 heavy (non-hydrogen) atoms. The Balaban J connectivity index is 1.78. The number of nitrogens with one attached hydrogen (secondary N) is 1. The van der Waals surface area contributed by atoms with Gasteiger partial charge in [0.05, 0.1) is 5.75 Å². The molecule has 0 atom stereocenters. The van der Waals surface area contributed by atoms with Gasteiger partial charge in [0.1, 0.15) is 17.4 Å². The molecule has 1 N–H and O–H groups in total. The van der Waals surface area contributed by atoms with E-state index in [2.05, 4.69) is 36.8 Å². The van der Waals surface area contributed by atoms with Crippen LogP contribution in [-0.4, -0.2) is 10.9 Å². The molecule has 0 aliphatic heterocycles. The van der Waals surface area contributed by atoms with E-state index >= 15 is 0 Å². The van der Waals surface area contributed by atoms with E-state index in [0.29, 0.717) is 17.5 Å². The Morgan fingerprint density at radius 3 is 2.83 bits per heavy atom. The number of ether oxygens (including phenoxy) is 1. The third kappa shape index (κ3) is 3.93. The number of hydrogen-bond acceptors (Lipinski definition) is 4. The quantitative estimate of drug-likeness (QED) is 0.619. The summed E-state index contributed by atoms with van der Waals surface area (Å²) in [5, 5.41) is 0. The third-order valence-electron chi connectivity index (χ3n) is 2.02. The largest absolute Gasteiger partial charge is 0.483 e. The van der Waals surface area contributed by atoms with E-state index in [-0.39, 0.29) is 0 Å². The van der Waals surface area contributed by atoms with Gasteiger partial charge in [0.15, 0.2) is 0 Å². The molecular formula is C11H9Br2NO3S. The van der Waals surface area contributed by atoms with Crippen molar-refractivity contribution in [3.8, 4) is 5.75 Å². The molecule has 0 spiro atoms. The Bertz CT molecular complexity index is 582. The summed E-state index contributed by atoms with van der Waals surface area (Å²) >= 11 is 8.32. The Kier molecular flexibility index (Phi) is 4.96. The van der Waals surface area contributed by atoms with Gasteiger partial charge in [-0.25, -0.2) is 4.79 Å². The predicted octanol–water partition coefficient (Wildman–Crippen LogP) is 3.76. The number of thioether (sulfide) groups is 1. The fraction of sp³-hybridized carbons (Fsp3) is 0.182. The highest BCUT2D eigenvalue weighted by molar-refractivity contribution is 9.13. The SMILES string of the molecule is O=c1[nH]cc(CSCOc2ccc(Br)c(Br)c2)o1.